The monoisotopic (exact) mass is 889 g/mol. The third-order valence-electron chi connectivity index (χ3n) is 7.75. The van der Waals surface area contributed by atoms with Gasteiger partial charge in [-0.15, -0.1) is 0 Å². The molecule has 1 aliphatic rings. The summed E-state index contributed by atoms with van der Waals surface area (Å²) in [6.45, 7) is 2.53. The molecule has 0 radical (unpaired) electrons. The number of unbranched alkanes of at least 4 members (excludes halogenated alkanes) is 2. The Morgan fingerprint density at radius 2 is 1.74 bits per heavy atom. The number of anilines is 1. The second kappa shape index (κ2) is 23.2. The summed E-state index contributed by atoms with van der Waals surface area (Å²) in [6.07, 6.45) is -3.84. The first-order valence-electron chi connectivity index (χ1n) is 16.6. The summed E-state index contributed by atoms with van der Waals surface area (Å²) in [4.78, 5) is 89.3. The number of phosphoric ester groups is 3. The maximum Gasteiger partial charge on any atom is 1.00 e. The van der Waals surface area contributed by atoms with Crippen LogP contribution in [0.1, 0.15) is 59.1 Å². The van der Waals surface area contributed by atoms with Crippen LogP contribution in [0.2, 0.25) is 0 Å². The molecule has 57 heavy (non-hydrogen) atoms. The van der Waals surface area contributed by atoms with Crippen molar-refractivity contribution >= 4 is 69.1 Å². The van der Waals surface area contributed by atoms with Gasteiger partial charge in [0.25, 0.3) is 7.82 Å². The van der Waals surface area contributed by atoms with E-state index in [2.05, 4.69) is 34.4 Å². The van der Waals surface area contributed by atoms with Crippen LogP contribution in [-0.4, -0.2) is 123 Å². The first-order chi connectivity index (χ1) is 25.6. The van der Waals surface area contributed by atoms with Crippen molar-refractivity contribution in [2.45, 2.75) is 83.5 Å². The number of rotatable bonds is 23. The summed E-state index contributed by atoms with van der Waals surface area (Å²) < 4.78 is 61.7. The molecule has 4 unspecified atom stereocenters. The van der Waals surface area contributed by atoms with Crippen molar-refractivity contribution in [3.05, 3.63) is 12.7 Å². The number of carbonyl (C=O) groups is 3. The Morgan fingerprint density at radius 3 is 2.39 bits per heavy atom. The van der Waals surface area contributed by atoms with E-state index in [1.165, 1.54) is 13.8 Å². The number of imidazole rings is 1. The van der Waals surface area contributed by atoms with E-state index in [0.29, 0.717) is 12.2 Å². The number of aromatic nitrogens is 4. The average molecular weight is 890 g/mol. The number of phosphoric acid groups is 3. The van der Waals surface area contributed by atoms with Crippen molar-refractivity contribution in [1.82, 2.24) is 30.2 Å². The summed E-state index contributed by atoms with van der Waals surface area (Å²) in [5.74, 6) is -1.06. The van der Waals surface area contributed by atoms with Crippen molar-refractivity contribution in [1.29, 1.82) is 0 Å². The van der Waals surface area contributed by atoms with Gasteiger partial charge in [0.05, 0.1) is 19.5 Å². The fourth-order valence-electron chi connectivity index (χ4n) is 4.88. The molecule has 0 spiro atoms. The zero-order chi connectivity index (χ0) is 41.2. The topological polar surface area (TPSA) is 398 Å². The van der Waals surface area contributed by atoms with E-state index in [1.807, 2.05) is 6.92 Å². The van der Waals surface area contributed by atoms with Gasteiger partial charge in [-0.25, -0.2) is 24.1 Å². The first-order valence-corrected chi connectivity index (χ1v) is 22.1. The van der Waals surface area contributed by atoms with Gasteiger partial charge in [-0.2, -0.15) is 4.31 Å². The molecule has 1 fully saturated rings. The number of nitrogens with two attached hydrogens (primary N) is 1. The van der Waals surface area contributed by atoms with Crippen LogP contribution >= 0.6 is 35.2 Å². The Hall–Kier alpha value is -1.88. The minimum Gasteiger partial charge on any atom is -0.756 e. The number of nitrogens with one attached hydrogen (secondary N) is 2. The number of hydrogen-bond acceptors (Lipinski definition) is 19. The van der Waals surface area contributed by atoms with Gasteiger partial charge < -0.3 is 60.9 Å². The Morgan fingerprint density at radius 1 is 1.07 bits per heavy atom. The molecule has 1 saturated heterocycles. The van der Waals surface area contributed by atoms with Crippen LogP contribution in [0, 0.1) is 5.41 Å². The number of fused-ring (bicyclic) bond motifs is 1. The van der Waals surface area contributed by atoms with Gasteiger partial charge >= 0.3 is 34.5 Å². The van der Waals surface area contributed by atoms with Crippen LogP contribution in [0.5, 0.6) is 0 Å². The number of amides is 2. The molecule has 0 aliphatic carbocycles. The van der Waals surface area contributed by atoms with E-state index in [1.54, 1.807) is 0 Å². The second-order valence-electron chi connectivity index (χ2n) is 12.7. The van der Waals surface area contributed by atoms with Gasteiger partial charge in [0.15, 0.2) is 22.8 Å². The van der Waals surface area contributed by atoms with Gasteiger partial charge in [-0.3, -0.25) is 32.6 Å². The predicted octanol–water partition coefficient (Wildman–Crippen LogP) is -4.21. The number of aliphatic hydroxyl groups is 2. The average Bonchev–Trinajstić information content (AvgIpc) is 3.64. The molecule has 25 nitrogen and oxygen atoms in total. The minimum atomic E-state index is -5.58. The number of aliphatic hydroxyl groups excluding tert-OH is 2. The summed E-state index contributed by atoms with van der Waals surface area (Å²) in [5, 5.41) is 26.4. The fraction of sp³-hybridized carbons (Fsp3) is 0.704. The van der Waals surface area contributed by atoms with Crippen LogP contribution in [0.4, 0.5) is 5.82 Å². The van der Waals surface area contributed by atoms with Crippen LogP contribution in [0.15, 0.2) is 12.7 Å². The SMILES string of the molecule is CCCCCC(=O)SCCNC(=O)CCNC(=O)C(O)C(C)(C)COP(=O)(O)OP(=O)(O)OC[C@H]1O[C@@H](n2cnc3c(N)ncnc32)[C@H](O)[C@@H]1OP(=O)([O-])O.O.[Li+]. The Bertz CT molecular complexity index is 1790. The Labute approximate surface area is 342 Å². The van der Waals surface area contributed by atoms with E-state index in [0.717, 1.165) is 48.2 Å². The zero-order valence-corrected chi connectivity index (χ0v) is 34.9. The number of nitrogens with zero attached hydrogens (tertiary/aromatic N) is 4. The van der Waals surface area contributed by atoms with Gasteiger partial charge in [-0.1, -0.05) is 45.4 Å². The van der Waals surface area contributed by atoms with Crippen molar-refractivity contribution in [2.24, 2.45) is 5.41 Å². The molecular formula is C27H47LiN7O18P3S. The van der Waals surface area contributed by atoms with Gasteiger partial charge in [0, 0.05) is 37.1 Å². The smallest absolute Gasteiger partial charge is 0.756 e. The first kappa shape index (κ1) is 53.1. The van der Waals surface area contributed by atoms with Crippen LogP contribution in [0.3, 0.4) is 0 Å². The molecular weight excluding hydrogens is 842 g/mol. The molecule has 2 aromatic heterocycles. The molecule has 3 heterocycles. The quantitative estimate of drug-likeness (QED) is 0.0298. The molecule has 30 heteroatoms. The molecule has 2 aromatic rings. The number of carbonyl (C=O) groups excluding carboxylic acids is 3. The Kier molecular flexibility index (Phi) is 21.6. The molecule has 0 bridgehead atoms. The van der Waals surface area contributed by atoms with Crippen LogP contribution in [-0.2, 0) is 50.7 Å². The van der Waals surface area contributed by atoms with Crippen molar-refractivity contribution < 1.29 is 105 Å². The molecule has 1 aliphatic heterocycles. The third-order valence-corrected chi connectivity index (χ3v) is 11.8. The van der Waals surface area contributed by atoms with Crippen LogP contribution in [0.25, 0.3) is 11.2 Å². The maximum absolute atomic E-state index is 12.6. The number of thioether (sulfide) groups is 1. The van der Waals surface area contributed by atoms with E-state index >= 15 is 0 Å². The van der Waals surface area contributed by atoms with E-state index in [9.17, 15) is 57.9 Å². The van der Waals surface area contributed by atoms with E-state index in [4.69, 9.17) is 19.5 Å². The third kappa shape index (κ3) is 17.0. The normalized spacial score (nSPS) is 21.9. The molecule has 8 atom stereocenters. The Balaban J connectivity index is 0.00000812. The molecule has 0 saturated carbocycles. The standard InChI is InChI=1S/C27H46N7O17P3S.Li.H2O/c1-4-5-6-7-18(36)55-11-10-29-17(35)8-9-30-25(39)22(38)27(2,3)13-48-54(45,46)51-53(43,44)47-12-16-21(50-52(40,41)42)20(37)26(49-16)34-15-33-19-23(28)31-14-32-24(19)34;;/h14-16,20-22,26,37-38H,4-13H2,1-3H3,(H,29,35)(H,30,39)(H,43,44)(H,45,46)(H2,28,31,32)(H2,40,41,42);;1H2/q;+1;/p-1/t16-,20-,21-,22?,26-;;/m1../s1. The summed E-state index contributed by atoms with van der Waals surface area (Å²) in [5.41, 5.74) is 4.23. The number of ether oxygens (including phenoxy) is 1. The predicted molar refractivity (Wildman–Crippen MR) is 193 cm³/mol. The van der Waals surface area contributed by atoms with Crippen molar-refractivity contribution in [3.63, 3.8) is 0 Å². The van der Waals surface area contributed by atoms with Crippen LogP contribution < -0.4 is 40.1 Å². The van der Waals surface area contributed by atoms with Crippen molar-refractivity contribution in [2.75, 3.05) is 37.8 Å². The minimum absolute atomic E-state index is 0. The molecule has 11 N–H and O–H groups in total. The van der Waals surface area contributed by atoms with Gasteiger partial charge in [0.1, 0.15) is 36.3 Å². The molecule has 0 aromatic carbocycles. The zero-order valence-electron chi connectivity index (χ0n) is 31.4. The molecule has 320 valence electrons. The molecule has 2 amide bonds. The maximum atomic E-state index is 12.6. The van der Waals surface area contributed by atoms with Crippen molar-refractivity contribution in [3.8, 4) is 0 Å². The van der Waals surface area contributed by atoms with E-state index in [-0.39, 0.29) is 65.9 Å². The number of nitrogen functional groups attached to an aromatic ring is 1. The summed E-state index contributed by atoms with van der Waals surface area (Å²) in [7, 11) is -16.6. The van der Waals surface area contributed by atoms with E-state index < -0.39 is 84.6 Å². The fourth-order valence-corrected chi connectivity index (χ4v) is 8.42. The van der Waals surface area contributed by atoms with Gasteiger partial charge in [-0.05, 0) is 6.42 Å². The second-order valence-corrected chi connectivity index (χ2v) is 18.1. The number of hydrogen-bond donors (Lipinski definition) is 8. The summed E-state index contributed by atoms with van der Waals surface area (Å²) in [6, 6.07) is 0. The summed E-state index contributed by atoms with van der Waals surface area (Å²) >= 11 is 1.12. The largest absolute Gasteiger partial charge is 1.00 e. The van der Waals surface area contributed by atoms with Gasteiger partial charge in [0.2, 0.25) is 11.8 Å². The molecule has 3 rings (SSSR count).